The molecular weight excluding hydrogens is 185 g/mol. The van der Waals surface area contributed by atoms with Crippen LogP contribution in [0, 0.1) is 0 Å². The molecular formula is C7H11Cl2NO. The molecule has 64 valence electrons. The fraction of sp³-hybridized carbons (Fsp3) is 0.714. The lowest BCUT2D eigenvalue weighted by atomic mass is 10.3. The zero-order valence-corrected chi connectivity index (χ0v) is 8.11. The maximum absolute atomic E-state index is 5.51. The highest BCUT2D eigenvalue weighted by atomic mass is 35.5. The second-order valence-corrected chi connectivity index (χ2v) is 3.92. The van der Waals surface area contributed by atoms with E-state index in [4.69, 9.17) is 27.9 Å². The van der Waals surface area contributed by atoms with Gasteiger partial charge in [0.15, 0.2) is 0 Å². The van der Waals surface area contributed by atoms with E-state index in [0.717, 1.165) is 13.2 Å². The molecule has 0 bridgehead atoms. The molecule has 0 aromatic carbocycles. The van der Waals surface area contributed by atoms with Crippen LogP contribution in [-0.4, -0.2) is 23.8 Å². The summed E-state index contributed by atoms with van der Waals surface area (Å²) in [5, 5.41) is 0. The van der Waals surface area contributed by atoms with E-state index in [1.807, 2.05) is 18.7 Å². The molecule has 0 aromatic rings. The van der Waals surface area contributed by atoms with Crippen molar-refractivity contribution >= 4 is 23.2 Å². The first-order chi connectivity index (χ1) is 5.02. The molecule has 11 heavy (non-hydrogen) atoms. The molecule has 0 N–H and O–H groups in total. The third kappa shape index (κ3) is 2.26. The van der Waals surface area contributed by atoms with Crippen molar-refractivity contribution in [2.24, 2.45) is 0 Å². The second-order valence-electron chi connectivity index (χ2n) is 2.91. The van der Waals surface area contributed by atoms with Crippen LogP contribution >= 0.6 is 23.2 Å². The molecule has 1 aliphatic heterocycles. The van der Waals surface area contributed by atoms with Crippen LogP contribution in [0.4, 0.5) is 0 Å². The van der Waals surface area contributed by atoms with E-state index in [0.29, 0.717) is 0 Å². The molecule has 0 saturated carbocycles. The minimum atomic E-state index is -0.269. The van der Waals surface area contributed by atoms with Crippen LogP contribution in [0.5, 0.6) is 0 Å². The Morgan fingerprint density at radius 1 is 1.55 bits per heavy atom. The van der Waals surface area contributed by atoms with Gasteiger partial charge in [-0.05, 0) is 13.8 Å². The standard InChI is InChI=1S/C7H11Cl2NO/c1-7(2)10(3-4-11-7)5-6(8)9/h5H,3-4H2,1-2H3. The summed E-state index contributed by atoms with van der Waals surface area (Å²) in [5.41, 5.74) is -0.269. The first kappa shape index (κ1) is 9.17. The predicted molar refractivity (Wildman–Crippen MR) is 46.5 cm³/mol. The van der Waals surface area contributed by atoms with Crippen LogP contribution in [0.3, 0.4) is 0 Å². The molecule has 1 rings (SSSR count). The minimum absolute atomic E-state index is 0.267. The molecule has 0 aliphatic carbocycles. The van der Waals surface area contributed by atoms with Gasteiger partial charge in [0.25, 0.3) is 0 Å². The van der Waals surface area contributed by atoms with Gasteiger partial charge in [0.2, 0.25) is 0 Å². The highest BCUT2D eigenvalue weighted by molar-refractivity contribution is 6.55. The van der Waals surface area contributed by atoms with Gasteiger partial charge in [-0.3, -0.25) is 0 Å². The van der Waals surface area contributed by atoms with Crippen molar-refractivity contribution in [3.8, 4) is 0 Å². The molecule has 1 heterocycles. The van der Waals surface area contributed by atoms with Crippen LogP contribution in [0.1, 0.15) is 13.8 Å². The van der Waals surface area contributed by atoms with Crippen molar-refractivity contribution in [2.45, 2.75) is 19.6 Å². The molecule has 2 nitrogen and oxygen atoms in total. The minimum Gasteiger partial charge on any atom is -0.354 e. The number of nitrogens with zero attached hydrogens (tertiary/aromatic N) is 1. The van der Waals surface area contributed by atoms with Gasteiger partial charge < -0.3 is 9.64 Å². The maximum atomic E-state index is 5.51. The van der Waals surface area contributed by atoms with E-state index in [9.17, 15) is 0 Å². The number of hydrogen-bond donors (Lipinski definition) is 0. The summed E-state index contributed by atoms with van der Waals surface area (Å²) in [6, 6.07) is 0. The number of hydrogen-bond acceptors (Lipinski definition) is 2. The molecule has 0 aromatic heterocycles. The fourth-order valence-corrected chi connectivity index (χ4v) is 1.32. The van der Waals surface area contributed by atoms with E-state index in [1.54, 1.807) is 6.20 Å². The van der Waals surface area contributed by atoms with Crippen LogP contribution < -0.4 is 0 Å². The van der Waals surface area contributed by atoms with Crippen molar-refractivity contribution in [1.82, 2.24) is 4.90 Å². The highest BCUT2D eigenvalue weighted by Crippen LogP contribution is 2.24. The van der Waals surface area contributed by atoms with E-state index < -0.39 is 0 Å². The summed E-state index contributed by atoms with van der Waals surface area (Å²) in [5.74, 6) is 0. The lowest BCUT2D eigenvalue weighted by Crippen LogP contribution is -2.35. The van der Waals surface area contributed by atoms with Crippen LogP contribution in [0.15, 0.2) is 10.7 Å². The third-order valence-electron chi connectivity index (χ3n) is 1.73. The Bertz CT molecular complexity index is 175. The maximum Gasteiger partial charge on any atom is 0.135 e. The quantitative estimate of drug-likeness (QED) is 0.638. The molecule has 1 aliphatic rings. The van der Waals surface area contributed by atoms with Crippen LogP contribution in [0.25, 0.3) is 0 Å². The molecule has 1 saturated heterocycles. The molecule has 0 radical (unpaired) electrons. The van der Waals surface area contributed by atoms with E-state index in [-0.39, 0.29) is 10.2 Å². The van der Waals surface area contributed by atoms with Crippen LogP contribution in [0.2, 0.25) is 0 Å². The summed E-state index contributed by atoms with van der Waals surface area (Å²) in [6.07, 6.45) is 1.69. The average molecular weight is 196 g/mol. The van der Waals surface area contributed by atoms with E-state index in [2.05, 4.69) is 0 Å². The zero-order chi connectivity index (χ0) is 8.48. The van der Waals surface area contributed by atoms with E-state index in [1.165, 1.54) is 0 Å². The zero-order valence-electron chi connectivity index (χ0n) is 6.60. The Balaban J connectivity index is 2.66. The molecule has 0 amide bonds. The summed E-state index contributed by atoms with van der Waals surface area (Å²) in [6.45, 7) is 5.53. The van der Waals surface area contributed by atoms with Gasteiger partial charge in [-0.1, -0.05) is 23.2 Å². The largest absolute Gasteiger partial charge is 0.354 e. The number of halogens is 2. The van der Waals surface area contributed by atoms with Gasteiger partial charge in [-0.25, -0.2) is 0 Å². The smallest absolute Gasteiger partial charge is 0.135 e. The second kappa shape index (κ2) is 3.21. The monoisotopic (exact) mass is 195 g/mol. The van der Waals surface area contributed by atoms with Crippen molar-refractivity contribution in [1.29, 1.82) is 0 Å². The Hall–Kier alpha value is 0.0800. The van der Waals surface area contributed by atoms with Gasteiger partial charge in [-0.15, -0.1) is 0 Å². The van der Waals surface area contributed by atoms with Gasteiger partial charge >= 0.3 is 0 Å². The summed E-state index contributed by atoms with van der Waals surface area (Å²) < 4.78 is 5.69. The Labute approximate surface area is 76.7 Å². The Morgan fingerprint density at radius 3 is 2.55 bits per heavy atom. The first-order valence-corrected chi connectivity index (χ1v) is 4.21. The van der Waals surface area contributed by atoms with Crippen LogP contribution in [-0.2, 0) is 4.74 Å². The van der Waals surface area contributed by atoms with Crippen molar-refractivity contribution in [2.75, 3.05) is 13.2 Å². The molecule has 0 unspecified atom stereocenters. The van der Waals surface area contributed by atoms with Crippen molar-refractivity contribution in [3.05, 3.63) is 10.7 Å². The van der Waals surface area contributed by atoms with Crippen molar-refractivity contribution in [3.63, 3.8) is 0 Å². The highest BCUT2D eigenvalue weighted by Gasteiger charge is 2.30. The summed E-state index contributed by atoms with van der Waals surface area (Å²) >= 11 is 11.0. The average Bonchev–Trinajstić information content (AvgIpc) is 2.10. The Kier molecular flexibility index (Phi) is 2.68. The lowest BCUT2D eigenvalue weighted by molar-refractivity contribution is -0.0296. The fourth-order valence-electron chi connectivity index (χ4n) is 1.08. The number of rotatable bonds is 1. The molecule has 0 spiro atoms. The summed E-state index contributed by atoms with van der Waals surface area (Å²) in [7, 11) is 0. The van der Waals surface area contributed by atoms with Gasteiger partial charge in [0, 0.05) is 12.7 Å². The molecule has 4 heteroatoms. The number of ether oxygens (including phenoxy) is 1. The topological polar surface area (TPSA) is 12.5 Å². The normalized spacial score (nSPS) is 22.0. The SMILES string of the molecule is CC1(C)OCCN1C=C(Cl)Cl. The third-order valence-corrected chi connectivity index (χ3v) is 1.93. The summed E-state index contributed by atoms with van der Waals surface area (Å²) in [4.78, 5) is 1.97. The molecule has 0 atom stereocenters. The predicted octanol–water partition coefficient (Wildman–Crippen LogP) is 2.33. The van der Waals surface area contributed by atoms with Gasteiger partial charge in [-0.2, -0.15) is 0 Å². The van der Waals surface area contributed by atoms with Gasteiger partial charge in [0.1, 0.15) is 10.2 Å². The van der Waals surface area contributed by atoms with E-state index >= 15 is 0 Å². The molecule has 1 fully saturated rings. The Morgan fingerprint density at radius 2 is 2.18 bits per heavy atom. The lowest BCUT2D eigenvalue weighted by Gasteiger charge is -2.28. The van der Waals surface area contributed by atoms with Gasteiger partial charge in [0.05, 0.1) is 6.61 Å². The first-order valence-electron chi connectivity index (χ1n) is 3.46. The van der Waals surface area contributed by atoms with Crippen molar-refractivity contribution < 1.29 is 4.74 Å².